The second kappa shape index (κ2) is 7.30. The molecule has 3 heterocycles. The molecular weight excluding hydrogens is 358 g/mol. The Morgan fingerprint density at radius 3 is 2.61 bits per heavy atom. The summed E-state index contributed by atoms with van der Waals surface area (Å²) in [6.45, 7) is 4.06. The van der Waals surface area contributed by atoms with E-state index in [9.17, 15) is 14.9 Å². The Morgan fingerprint density at radius 2 is 1.96 bits per heavy atom. The van der Waals surface area contributed by atoms with E-state index in [1.54, 1.807) is 22.8 Å². The van der Waals surface area contributed by atoms with E-state index >= 15 is 0 Å². The van der Waals surface area contributed by atoms with Crippen molar-refractivity contribution < 1.29 is 14.1 Å². The summed E-state index contributed by atoms with van der Waals surface area (Å²) in [5.41, 5.74) is 1.50. The number of aromatic nitrogens is 1. The molecule has 0 aromatic carbocycles. The lowest BCUT2D eigenvalue weighted by Gasteiger charge is -2.48. The summed E-state index contributed by atoms with van der Waals surface area (Å²) >= 11 is 0. The van der Waals surface area contributed by atoms with Crippen LogP contribution in [0.15, 0.2) is 21.9 Å². The van der Waals surface area contributed by atoms with E-state index in [0.29, 0.717) is 37.6 Å². The monoisotopic (exact) mass is 383 g/mol. The van der Waals surface area contributed by atoms with Crippen LogP contribution in [-0.2, 0) is 4.79 Å². The lowest BCUT2D eigenvalue weighted by molar-refractivity contribution is -0.130. The SMILES string of the molecule is Cc1cc(C(=O)N2CCN(C3=C(C#N)C(=O)N(C)C4CCCCC34)CC2)no1. The van der Waals surface area contributed by atoms with Gasteiger partial charge in [0.2, 0.25) is 0 Å². The molecule has 3 aliphatic rings. The van der Waals surface area contributed by atoms with Crippen molar-refractivity contribution in [2.24, 2.45) is 5.92 Å². The third-order valence-electron chi connectivity index (χ3n) is 6.23. The molecule has 0 bridgehead atoms. The molecule has 1 aromatic heterocycles. The number of amides is 2. The minimum Gasteiger partial charge on any atom is -0.370 e. The molecule has 2 fully saturated rings. The number of nitrogens with zero attached hydrogens (tertiary/aromatic N) is 5. The van der Waals surface area contributed by atoms with Gasteiger partial charge in [0.25, 0.3) is 11.8 Å². The van der Waals surface area contributed by atoms with Gasteiger partial charge in [0.05, 0.1) is 0 Å². The first kappa shape index (κ1) is 18.5. The molecule has 1 aliphatic carbocycles. The zero-order valence-corrected chi connectivity index (χ0v) is 16.3. The molecule has 1 saturated carbocycles. The van der Waals surface area contributed by atoms with Gasteiger partial charge in [0, 0.05) is 56.9 Å². The van der Waals surface area contributed by atoms with Gasteiger partial charge in [-0.05, 0) is 19.8 Å². The molecule has 2 unspecified atom stereocenters. The van der Waals surface area contributed by atoms with Crippen LogP contribution in [0.5, 0.6) is 0 Å². The van der Waals surface area contributed by atoms with Crippen molar-refractivity contribution in [2.75, 3.05) is 33.2 Å². The van der Waals surface area contributed by atoms with Crippen LogP contribution < -0.4 is 0 Å². The first-order valence-electron chi connectivity index (χ1n) is 9.90. The normalized spacial score (nSPS) is 25.6. The number of rotatable bonds is 2. The number of hydrogen-bond donors (Lipinski definition) is 0. The number of likely N-dealkylation sites (N-methyl/N-ethyl adjacent to an activating group) is 1. The first-order chi connectivity index (χ1) is 13.5. The second-order valence-corrected chi connectivity index (χ2v) is 7.85. The molecule has 0 radical (unpaired) electrons. The maximum absolute atomic E-state index is 12.8. The average molecular weight is 383 g/mol. The molecule has 28 heavy (non-hydrogen) atoms. The summed E-state index contributed by atoms with van der Waals surface area (Å²) in [6.07, 6.45) is 4.22. The van der Waals surface area contributed by atoms with Crippen LogP contribution in [0.2, 0.25) is 0 Å². The van der Waals surface area contributed by atoms with Gasteiger partial charge in [0.1, 0.15) is 17.4 Å². The third kappa shape index (κ3) is 3.05. The van der Waals surface area contributed by atoms with Gasteiger partial charge < -0.3 is 19.2 Å². The van der Waals surface area contributed by atoms with Crippen LogP contribution >= 0.6 is 0 Å². The lowest BCUT2D eigenvalue weighted by Crippen LogP contribution is -2.55. The van der Waals surface area contributed by atoms with Crippen molar-refractivity contribution >= 4 is 11.8 Å². The zero-order valence-electron chi connectivity index (χ0n) is 16.3. The highest BCUT2D eigenvalue weighted by atomic mass is 16.5. The summed E-state index contributed by atoms with van der Waals surface area (Å²) in [7, 11) is 1.82. The smallest absolute Gasteiger partial charge is 0.276 e. The zero-order chi connectivity index (χ0) is 19.8. The lowest BCUT2D eigenvalue weighted by atomic mass is 9.77. The predicted octanol–water partition coefficient (Wildman–Crippen LogP) is 1.55. The van der Waals surface area contributed by atoms with Crippen LogP contribution in [0.1, 0.15) is 41.9 Å². The summed E-state index contributed by atoms with van der Waals surface area (Å²) in [5, 5.41) is 13.5. The van der Waals surface area contributed by atoms with Gasteiger partial charge in [-0.2, -0.15) is 5.26 Å². The van der Waals surface area contributed by atoms with Gasteiger partial charge in [-0.1, -0.05) is 18.0 Å². The van der Waals surface area contributed by atoms with Gasteiger partial charge in [-0.3, -0.25) is 9.59 Å². The molecule has 0 spiro atoms. The number of carbonyl (C=O) groups is 2. The molecule has 0 N–H and O–H groups in total. The fourth-order valence-electron chi connectivity index (χ4n) is 4.79. The predicted molar refractivity (Wildman–Crippen MR) is 99.9 cm³/mol. The topological polar surface area (TPSA) is 93.7 Å². The van der Waals surface area contributed by atoms with Crippen molar-refractivity contribution in [1.82, 2.24) is 19.9 Å². The maximum Gasteiger partial charge on any atom is 0.276 e. The van der Waals surface area contributed by atoms with Gasteiger partial charge in [0.15, 0.2) is 5.69 Å². The van der Waals surface area contributed by atoms with E-state index in [0.717, 1.165) is 31.4 Å². The molecule has 4 rings (SSSR count). The third-order valence-corrected chi connectivity index (χ3v) is 6.23. The number of carbonyl (C=O) groups excluding carboxylic acids is 2. The van der Waals surface area contributed by atoms with Crippen molar-refractivity contribution in [3.05, 3.63) is 28.8 Å². The molecule has 8 nitrogen and oxygen atoms in total. The Morgan fingerprint density at radius 1 is 1.25 bits per heavy atom. The summed E-state index contributed by atoms with van der Waals surface area (Å²) in [4.78, 5) is 31.0. The number of aryl methyl sites for hydroxylation is 1. The minimum absolute atomic E-state index is 0.138. The Labute approximate surface area is 164 Å². The van der Waals surface area contributed by atoms with Crippen molar-refractivity contribution in [3.63, 3.8) is 0 Å². The molecule has 1 aromatic rings. The van der Waals surface area contributed by atoms with E-state index in [1.165, 1.54) is 0 Å². The van der Waals surface area contributed by atoms with E-state index in [-0.39, 0.29) is 29.3 Å². The maximum atomic E-state index is 12.8. The Kier molecular flexibility index (Phi) is 4.84. The van der Waals surface area contributed by atoms with Crippen LogP contribution in [0, 0.1) is 24.2 Å². The Hall–Kier alpha value is -2.82. The van der Waals surface area contributed by atoms with E-state index in [4.69, 9.17) is 4.52 Å². The highest BCUT2D eigenvalue weighted by Crippen LogP contribution is 2.40. The molecule has 148 valence electrons. The summed E-state index contributed by atoms with van der Waals surface area (Å²) < 4.78 is 5.01. The average Bonchev–Trinajstić information content (AvgIpc) is 3.16. The Bertz CT molecular complexity index is 859. The fourth-order valence-corrected chi connectivity index (χ4v) is 4.79. The molecule has 2 amide bonds. The molecule has 1 saturated heterocycles. The summed E-state index contributed by atoms with van der Waals surface area (Å²) in [6, 6.07) is 3.99. The van der Waals surface area contributed by atoms with Crippen LogP contribution in [0.25, 0.3) is 0 Å². The number of nitriles is 1. The van der Waals surface area contributed by atoms with E-state index in [1.807, 2.05) is 7.05 Å². The Balaban J connectivity index is 1.54. The quantitative estimate of drug-likeness (QED) is 0.769. The van der Waals surface area contributed by atoms with Crippen molar-refractivity contribution in [3.8, 4) is 6.07 Å². The molecular formula is C20H25N5O3. The van der Waals surface area contributed by atoms with Gasteiger partial charge in [-0.25, -0.2) is 0 Å². The van der Waals surface area contributed by atoms with Crippen LogP contribution in [0.3, 0.4) is 0 Å². The highest BCUT2D eigenvalue weighted by molar-refractivity contribution is 5.99. The van der Waals surface area contributed by atoms with Crippen molar-refractivity contribution in [2.45, 2.75) is 38.6 Å². The standard InChI is InChI=1S/C20H25N5O3/c1-13-11-16(22-28-13)20(27)25-9-7-24(8-10-25)18-14-5-3-4-6-17(14)23(2)19(26)15(18)12-21/h11,14,17H,3-10H2,1-2H3. The molecule has 2 aliphatic heterocycles. The highest BCUT2D eigenvalue weighted by Gasteiger charge is 2.43. The molecule has 8 heteroatoms. The summed E-state index contributed by atoms with van der Waals surface area (Å²) in [5.74, 6) is 0.517. The fraction of sp³-hybridized carbons (Fsp3) is 0.600. The van der Waals surface area contributed by atoms with Gasteiger partial charge in [-0.15, -0.1) is 0 Å². The van der Waals surface area contributed by atoms with E-state index < -0.39 is 0 Å². The van der Waals surface area contributed by atoms with E-state index in [2.05, 4.69) is 16.1 Å². The number of piperazine rings is 1. The number of hydrogen-bond acceptors (Lipinski definition) is 6. The van der Waals surface area contributed by atoms with Gasteiger partial charge >= 0.3 is 0 Å². The largest absolute Gasteiger partial charge is 0.370 e. The van der Waals surface area contributed by atoms with Crippen molar-refractivity contribution in [1.29, 1.82) is 5.26 Å². The first-order valence-corrected chi connectivity index (χ1v) is 9.90. The molecule has 2 atom stereocenters. The van der Waals surface area contributed by atoms with Crippen LogP contribution in [0.4, 0.5) is 0 Å². The second-order valence-electron chi connectivity index (χ2n) is 7.85. The van der Waals surface area contributed by atoms with Crippen LogP contribution in [-0.4, -0.2) is 70.9 Å². The number of fused-ring (bicyclic) bond motifs is 1. The minimum atomic E-state index is -0.169.